The van der Waals surface area contributed by atoms with Crippen molar-refractivity contribution >= 4 is 11.6 Å². The maximum Gasteiger partial charge on any atom is 0.254 e. The summed E-state index contributed by atoms with van der Waals surface area (Å²) >= 11 is 0. The zero-order valence-corrected chi connectivity index (χ0v) is 12.0. The quantitative estimate of drug-likeness (QED) is 0.848. The molecule has 0 aliphatic carbocycles. The van der Waals surface area contributed by atoms with E-state index >= 15 is 0 Å². The predicted octanol–water partition coefficient (Wildman–Crippen LogP) is 3.23. The fourth-order valence-corrected chi connectivity index (χ4v) is 2.87. The second-order valence-electron chi connectivity index (χ2n) is 5.60. The van der Waals surface area contributed by atoms with Gasteiger partial charge in [0.2, 0.25) is 0 Å². The first-order valence-electron chi connectivity index (χ1n) is 7.27. The molecule has 1 aliphatic heterocycles. The van der Waals surface area contributed by atoms with Crippen LogP contribution in [-0.2, 0) is 0 Å². The molecule has 0 aromatic heterocycles. The fourth-order valence-electron chi connectivity index (χ4n) is 2.87. The van der Waals surface area contributed by atoms with E-state index in [1.165, 1.54) is 12.8 Å². The van der Waals surface area contributed by atoms with Crippen LogP contribution in [0.15, 0.2) is 18.2 Å². The predicted molar refractivity (Wildman–Crippen MR) is 79.1 cm³/mol. The van der Waals surface area contributed by atoms with Crippen LogP contribution in [0.5, 0.6) is 0 Å². The van der Waals surface area contributed by atoms with Crippen molar-refractivity contribution in [3.05, 3.63) is 29.3 Å². The average Bonchev–Trinajstić information content (AvgIpc) is 2.42. The van der Waals surface area contributed by atoms with E-state index in [0.717, 1.165) is 43.0 Å². The third-order valence-electron chi connectivity index (χ3n) is 4.09. The molecular weight excluding hydrogens is 236 g/mol. The molecule has 1 heterocycles. The molecule has 19 heavy (non-hydrogen) atoms. The van der Waals surface area contributed by atoms with Gasteiger partial charge in [0.25, 0.3) is 5.91 Å². The third-order valence-corrected chi connectivity index (χ3v) is 4.09. The number of nitrogen functional groups attached to an aromatic ring is 1. The molecule has 1 aliphatic rings. The number of nitrogens with zero attached hydrogens (tertiary/aromatic N) is 1. The number of carbonyl (C=O) groups is 1. The summed E-state index contributed by atoms with van der Waals surface area (Å²) in [5.41, 5.74) is 8.21. The fraction of sp³-hybridized carbons (Fsp3) is 0.562. The van der Waals surface area contributed by atoms with Gasteiger partial charge in [-0.1, -0.05) is 25.8 Å². The zero-order valence-electron chi connectivity index (χ0n) is 12.0. The van der Waals surface area contributed by atoms with Crippen LogP contribution in [-0.4, -0.2) is 23.9 Å². The molecule has 1 aromatic rings. The van der Waals surface area contributed by atoms with Crippen molar-refractivity contribution < 1.29 is 4.79 Å². The summed E-state index contributed by atoms with van der Waals surface area (Å²) in [7, 11) is 0. The lowest BCUT2D eigenvalue weighted by molar-refractivity contribution is 0.0686. The summed E-state index contributed by atoms with van der Waals surface area (Å²) in [5, 5.41) is 0. The van der Waals surface area contributed by atoms with E-state index in [2.05, 4.69) is 6.92 Å². The smallest absolute Gasteiger partial charge is 0.254 e. The van der Waals surface area contributed by atoms with Gasteiger partial charge >= 0.3 is 0 Å². The van der Waals surface area contributed by atoms with Crippen molar-refractivity contribution in [3.8, 4) is 0 Å². The number of amides is 1. The second kappa shape index (κ2) is 6.09. The van der Waals surface area contributed by atoms with Crippen molar-refractivity contribution in [3.63, 3.8) is 0 Å². The van der Waals surface area contributed by atoms with Crippen molar-refractivity contribution in [2.45, 2.75) is 39.5 Å². The van der Waals surface area contributed by atoms with Gasteiger partial charge in [-0.15, -0.1) is 0 Å². The molecule has 0 saturated carbocycles. The Hall–Kier alpha value is -1.51. The molecule has 1 aromatic carbocycles. The van der Waals surface area contributed by atoms with Gasteiger partial charge < -0.3 is 10.6 Å². The second-order valence-corrected chi connectivity index (χ2v) is 5.60. The Morgan fingerprint density at radius 1 is 1.37 bits per heavy atom. The first-order chi connectivity index (χ1) is 9.11. The molecule has 0 atom stereocenters. The van der Waals surface area contributed by atoms with Crippen LogP contribution in [0.2, 0.25) is 0 Å². The first kappa shape index (κ1) is 13.9. The Morgan fingerprint density at radius 2 is 2.05 bits per heavy atom. The lowest BCUT2D eigenvalue weighted by atomic mass is 9.92. The minimum atomic E-state index is 0.139. The average molecular weight is 260 g/mol. The Bertz CT molecular complexity index is 448. The number of piperidine rings is 1. The summed E-state index contributed by atoms with van der Waals surface area (Å²) in [4.78, 5) is 14.5. The first-order valence-corrected chi connectivity index (χ1v) is 7.27. The van der Waals surface area contributed by atoms with Gasteiger partial charge in [0.1, 0.15) is 0 Å². The molecule has 1 saturated heterocycles. The maximum atomic E-state index is 12.5. The number of aryl methyl sites for hydroxylation is 1. The van der Waals surface area contributed by atoms with Crippen LogP contribution in [0.25, 0.3) is 0 Å². The number of benzene rings is 1. The number of carbonyl (C=O) groups excluding carboxylic acids is 1. The minimum Gasteiger partial charge on any atom is -0.399 e. The standard InChI is InChI=1S/C16H24N2O/c1-3-4-13-7-9-18(10-8-13)16(19)15-11-14(17)6-5-12(15)2/h5-6,11,13H,3-4,7-10,17H2,1-2H3. The van der Waals surface area contributed by atoms with Crippen molar-refractivity contribution in [1.82, 2.24) is 4.90 Å². The highest BCUT2D eigenvalue weighted by atomic mass is 16.2. The van der Waals surface area contributed by atoms with Gasteiger partial charge in [0.15, 0.2) is 0 Å². The molecule has 0 unspecified atom stereocenters. The Balaban J connectivity index is 2.03. The highest BCUT2D eigenvalue weighted by Crippen LogP contribution is 2.24. The number of hydrogen-bond donors (Lipinski definition) is 1. The molecule has 3 heteroatoms. The summed E-state index contributed by atoms with van der Waals surface area (Å²) in [6, 6.07) is 5.57. The van der Waals surface area contributed by atoms with Crippen molar-refractivity contribution in [2.75, 3.05) is 18.8 Å². The van der Waals surface area contributed by atoms with Gasteiger partial charge in [-0.3, -0.25) is 4.79 Å². The molecule has 104 valence electrons. The van der Waals surface area contributed by atoms with Crippen LogP contribution in [0, 0.1) is 12.8 Å². The molecule has 0 radical (unpaired) electrons. The normalized spacial score (nSPS) is 16.6. The summed E-state index contributed by atoms with van der Waals surface area (Å²) < 4.78 is 0. The van der Waals surface area contributed by atoms with Crippen molar-refractivity contribution in [1.29, 1.82) is 0 Å². The lowest BCUT2D eigenvalue weighted by Crippen LogP contribution is -2.38. The molecule has 0 spiro atoms. The topological polar surface area (TPSA) is 46.3 Å². The van der Waals surface area contributed by atoms with E-state index < -0.39 is 0 Å². The molecule has 2 rings (SSSR count). The van der Waals surface area contributed by atoms with Crippen LogP contribution in [0.4, 0.5) is 5.69 Å². The monoisotopic (exact) mass is 260 g/mol. The maximum absolute atomic E-state index is 12.5. The van der Waals surface area contributed by atoms with E-state index in [1.807, 2.05) is 24.0 Å². The molecule has 0 bridgehead atoms. The van der Waals surface area contributed by atoms with Gasteiger partial charge in [0, 0.05) is 24.3 Å². The third kappa shape index (κ3) is 3.28. The number of anilines is 1. The Morgan fingerprint density at radius 3 is 2.68 bits per heavy atom. The van der Waals surface area contributed by atoms with Crippen LogP contribution >= 0.6 is 0 Å². The van der Waals surface area contributed by atoms with Crippen LogP contribution in [0.3, 0.4) is 0 Å². The molecular formula is C16H24N2O. The van der Waals surface area contributed by atoms with Crippen LogP contribution < -0.4 is 5.73 Å². The van der Waals surface area contributed by atoms with E-state index in [-0.39, 0.29) is 5.91 Å². The highest BCUT2D eigenvalue weighted by Gasteiger charge is 2.23. The van der Waals surface area contributed by atoms with Gasteiger partial charge in [-0.25, -0.2) is 0 Å². The SMILES string of the molecule is CCCC1CCN(C(=O)c2cc(N)ccc2C)CC1. The van der Waals surface area contributed by atoms with Crippen LogP contribution in [0.1, 0.15) is 48.5 Å². The molecule has 1 fully saturated rings. The summed E-state index contributed by atoms with van der Waals surface area (Å²) in [6.45, 7) is 5.97. The van der Waals surface area contributed by atoms with E-state index in [9.17, 15) is 4.79 Å². The Kier molecular flexibility index (Phi) is 4.46. The number of rotatable bonds is 3. The molecule has 3 nitrogen and oxygen atoms in total. The van der Waals surface area contributed by atoms with Gasteiger partial charge in [-0.05, 0) is 43.4 Å². The van der Waals surface area contributed by atoms with E-state index in [4.69, 9.17) is 5.73 Å². The number of hydrogen-bond acceptors (Lipinski definition) is 2. The summed E-state index contributed by atoms with van der Waals surface area (Å²) in [6.07, 6.45) is 4.81. The number of likely N-dealkylation sites (tertiary alicyclic amines) is 1. The highest BCUT2D eigenvalue weighted by molar-refractivity contribution is 5.96. The van der Waals surface area contributed by atoms with Gasteiger partial charge in [0.05, 0.1) is 0 Å². The van der Waals surface area contributed by atoms with E-state index in [1.54, 1.807) is 6.07 Å². The minimum absolute atomic E-state index is 0.139. The Labute approximate surface area is 115 Å². The van der Waals surface area contributed by atoms with E-state index in [0.29, 0.717) is 5.69 Å². The largest absolute Gasteiger partial charge is 0.399 e. The van der Waals surface area contributed by atoms with Crippen molar-refractivity contribution in [2.24, 2.45) is 5.92 Å². The molecule has 1 amide bonds. The lowest BCUT2D eigenvalue weighted by Gasteiger charge is -2.32. The molecule has 2 N–H and O–H groups in total. The zero-order chi connectivity index (χ0) is 13.8. The summed E-state index contributed by atoms with van der Waals surface area (Å²) in [5.74, 6) is 0.940. The number of nitrogens with two attached hydrogens (primary N) is 1. The van der Waals surface area contributed by atoms with Gasteiger partial charge in [-0.2, -0.15) is 0 Å².